The van der Waals surface area contributed by atoms with E-state index in [2.05, 4.69) is 76.9 Å². The molecule has 0 N–H and O–H groups in total. The van der Waals surface area contributed by atoms with Crippen LogP contribution in [-0.2, 0) is 0 Å². The van der Waals surface area contributed by atoms with Gasteiger partial charge in [0.15, 0.2) is 0 Å². The molecule has 1 saturated carbocycles. The molecule has 1 heterocycles. The van der Waals surface area contributed by atoms with E-state index in [1.54, 1.807) is 0 Å². The number of benzene rings is 1. The molecule has 1 unspecified atom stereocenters. The third kappa shape index (κ3) is 4.11. The normalized spacial score (nSPS) is 17.0. The van der Waals surface area contributed by atoms with Crippen LogP contribution in [0.5, 0.6) is 0 Å². The van der Waals surface area contributed by atoms with E-state index >= 15 is 0 Å². The summed E-state index contributed by atoms with van der Waals surface area (Å²) in [5, 5.41) is 1.52. The van der Waals surface area contributed by atoms with E-state index < -0.39 is 8.07 Å². The smallest absolute Gasteiger partial charge is 0.0799 e. The number of hydrogen-bond donors (Lipinski definition) is 0. The molecule has 0 aliphatic heterocycles. The van der Waals surface area contributed by atoms with Crippen LogP contribution in [0.15, 0.2) is 36.5 Å². The van der Waals surface area contributed by atoms with Crippen molar-refractivity contribution in [2.24, 2.45) is 5.92 Å². The van der Waals surface area contributed by atoms with Gasteiger partial charge in [-0.25, -0.2) is 0 Å². The second-order valence-electron chi connectivity index (χ2n) is 9.55. The predicted molar refractivity (Wildman–Crippen MR) is 117 cm³/mol. The highest BCUT2D eigenvalue weighted by atomic mass is 28.3. The lowest BCUT2D eigenvalue weighted by atomic mass is 9.89. The van der Waals surface area contributed by atoms with E-state index in [9.17, 15) is 0 Å². The Morgan fingerprint density at radius 2 is 1.69 bits per heavy atom. The largest absolute Gasteiger partial charge is 0.256 e. The van der Waals surface area contributed by atoms with Gasteiger partial charge in [0.05, 0.1) is 13.8 Å². The quantitative estimate of drug-likeness (QED) is 0.536. The average molecular weight is 366 g/mol. The van der Waals surface area contributed by atoms with Crippen LogP contribution in [0.3, 0.4) is 0 Å². The highest BCUT2D eigenvalue weighted by Crippen LogP contribution is 2.36. The highest BCUT2D eigenvalue weighted by molar-refractivity contribution is 6.89. The summed E-state index contributed by atoms with van der Waals surface area (Å²) in [6.45, 7) is 14.3. The summed E-state index contributed by atoms with van der Waals surface area (Å²) in [5.41, 5.74) is 5.47. The molecular formula is C24H35NSi. The molecule has 3 rings (SSSR count). The molecule has 0 bridgehead atoms. The lowest BCUT2D eigenvalue weighted by molar-refractivity contribution is 0.537. The van der Waals surface area contributed by atoms with Gasteiger partial charge in [0, 0.05) is 11.8 Å². The lowest BCUT2D eigenvalue weighted by Gasteiger charge is -2.26. The number of hydrogen-bond acceptors (Lipinski definition) is 1. The van der Waals surface area contributed by atoms with E-state index in [0.29, 0.717) is 11.8 Å². The molecule has 2 heteroatoms. The molecule has 0 radical (unpaired) electrons. The standard InChI is InChI=1S/C24H35NSi/c1-17(2)18(3)22-15-23(25-16-24(22)26(4,5)6)21-13-9-12-20(14-21)19-10-7-8-11-19/h9,12-19H,7-8,10-11H2,1-6H3. The van der Waals surface area contributed by atoms with Crippen LogP contribution in [0.1, 0.15) is 69.4 Å². The van der Waals surface area contributed by atoms with E-state index in [1.165, 1.54) is 47.6 Å². The van der Waals surface area contributed by atoms with Gasteiger partial charge in [0.1, 0.15) is 0 Å². The van der Waals surface area contributed by atoms with Crippen LogP contribution < -0.4 is 5.19 Å². The van der Waals surface area contributed by atoms with Gasteiger partial charge in [0.2, 0.25) is 0 Å². The zero-order valence-corrected chi connectivity index (χ0v) is 18.5. The van der Waals surface area contributed by atoms with Crippen molar-refractivity contribution in [1.29, 1.82) is 0 Å². The Bertz CT molecular complexity index is 751. The summed E-state index contributed by atoms with van der Waals surface area (Å²) in [6, 6.07) is 11.6. The molecule has 1 aromatic carbocycles. The maximum atomic E-state index is 4.92. The Kier molecular flexibility index (Phi) is 5.72. The van der Waals surface area contributed by atoms with Crippen molar-refractivity contribution in [2.75, 3.05) is 0 Å². The highest BCUT2D eigenvalue weighted by Gasteiger charge is 2.25. The van der Waals surface area contributed by atoms with Crippen LogP contribution in [0.25, 0.3) is 11.3 Å². The van der Waals surface area contributed by atoms with E-state index in [-0.39, 0.29) is 0 Å². The molecule has 1 aromatic heterocycles. The second kappa shape index (κ2) is 7.68. The predicted octanol–water partition coefficient (Wildman–Crippen LogP) is 6.71. The maximum absolute atomic E-state index is 4.92. The first-order chi connectivity index (χ1) is 12.3. The molecule has 1 aliphatic rings. The third-order valence-corrected chi connectivity index (χ3v) is 8.28. The number of aromatic nitrogens is 1. The monoisotopic (exact) mass is 365 g/mol. The molecule has 1 nitrogen and oxygen atoms in total. The van der Waals surface area contributed by atoms with Gasteiger partial charge in [-0.3, -0.25) is 4.98 Å². The summed E-state index contributed by atoms with van der Waals surface area (Å²) >= 11 is 0. The van der Waals surface area contributed by atoms with Gasteiger partial charge < -0.3 is 0 Å². The number of pyridine rings is 1. The molecule has 2 aromatic rings. The Morgan fingerprint density at radius 3 is 2.31 bits per heavy atom. The van der Waals surface area contributed by atoms with Gasteiger partial charge >= 0.3 is 0 Å². The molecule has 0 spiro atoms. The summed E-state index contributed by atoms with van der Waals surface area (Å²) in [4.78, 5) is 4.92. The van der Waals surface area contributed by atoms with Crippen molar-refractivity contribution >= 4 is 13.3 Å². The minimum atomic E-state index is -1.41. The fourth-order valence-electron chi connectivity index (χ4n) is 4.20. The maximum Gasteiger partial charge on any atom is 0.0799 e. The molecule has 1 fully saturated rings. The fraction of sp³-hybridized carbons (Fsp3) is 0.542. The molecule has 140 valence electrons. The van der Waals surface area contributed by atoms with Crippen LogP contribution in [0, 0.1) is 5.92 Å². The fourth-order valence-corrected chi connectivity index (χ4v) is 5.82. The Balaban J connectivity index is 2.03. The molecule has 0 amide bonds. The zero-order chi connectivity index (χ0) is 18.9. The zero-order valence-electron chi connectivity index (χ0n) is 17.5. The van der Waals surface area contributed by atoms with E-state index in [4.69, 9.17) is 4.98 Å². The third-order valence-electron chi connectivity index (χ3n) is 6.24. The SMILES string of the molecule is CC(C)C(C)c1cc(-c2cccc(C3CCCC3)c2)ncc1[Si](C)(C)C. The summed E-state index contributed by atoms with van der Waals surface area (Å²) in [7, 11) is -1.41. The summed E-state index contributed by atoms with van der Waals surface area (Å²) in [6.07, 6.45) is 7.66. The minimum Gasteiger partial charge on any atom is -0.256 e. The van der Waals surface area contributed by atoms with Crippen LogP contribution in [0.2, 0.25) is 19.6 Å². The summed E-state index contributed by atoms with van der Waals surface area (Å²) < 4.78 is 0. The van der Waals surface area contributed by atoms with Crippen molar-refractivity contribution in [3.05, 3.63) is 47.7 Å². The molecule has 1 aliphatic carbocycles. The molecule has 26 heavy (non-hydrogen) atoms. The van der Waals surface area contributed by atoms with Gasteiger partial charge in [-0.05, 0) is 59.0 Å². The Labute approximate surface area is 161 Å². The van der Waals surface area contributed by atoms with Gasteiger partial charge in [-0.1, -0.05) is 71.5 Å². The Hall–Kier alpha value is -1.41. The molecule has 0 saturated heterocycles. The topological polar surface area (TPSA) is 12.9 Å². The first-order valence-electron chi connectivity index (χ1n) is 10.4. The first kappa shape index (κ1) is 19.4. The van der Waals surface area contributed by atoms with Crippen molar-refractivity contribution < 1.29 is 0 Å². The first-order valence-corrected chi connectivity index (χ1v) is 13.9. The molecule has 1 atom stereocenters. The van der Waals surface area contributed by atoms with Crippen molar-refractivity contribution in [2.45, 2.75) is 77.9 Å². The average Bonchev–Trinajstić information content (AvgIpc) is 3.14. The van der Waals surface area contributed by atoms with Gasteiger partial charge in [-0.15, -0.1) is 0 Å². The van der Waals surface area contributed by atoms with Crippen LogP contribution in [-0.4, -0.2) is 13.1 Å². The second-order valence-corrected chi connectivity index (χ2v) is 14.6. The minimum absolute atomic E-state index is 0.566. The van der Waals surface area contributed by atoms with Crippen LogP contribution in [0.4, 0.5) is 0 Å². The van der Waals surface area contributed by atoms with E-state index in [1.807, 2.05) is 0 Å². The summed E-state index contributed by atoms with van der Waals surface area (Å²) in [5.74, 6) is 1.96. The molecular weight excluding hydrogens is 330 g/mol. The number of nitrogens with zero attached hydrogens (tertiary/aromatic N) is 1. The van der Waals surface area contributed by atoms with Crippen molar-refractivity contribution in [3.8, 4) is 11.3 Å². The van der Waals surface area contributed by atoms with Crippen molar-refractivity contribution in [3.63, 3.8) is 0 Å². The Morgan fingerprint density at radius 1 is 1.00 bits per heavy atom. The van der Waals surface area contributed by atoms with Crippen molar-refractivity contribution in [1.82, 2.24) is 4.98 Å². The van der Waals surface area contributed by atoms with Crippen LogP contribution >= 0.6 is 0 Å². The van der Waals surface area contributed by atoms with E-state index in [0.717, 1.165) is 11.6 Å². The van der Waals surface area contributed by atoms with Gasteiger partial charge in [-0.2, -0.15) is 0 Å². The lowest BCUT2D eigenvalue weighted by Crippen LogP contribution is -2.41. The van der Waals surface area contributed by atoms with Gasteiger partial charge in [0.25, 0.3) is 0 Å². The number of rotatable bonds is 5.